The molecule has 1 aromatic heterocycles. The Labute approximate surface area is 120 Å². The topological polar surface area (TPSA) is 62.7 Å². The Hall–Kier alpha value is -1.34. The summed E-state index contributed by atoms with van der Waals surface area (Å²) < 4.78 is 30.1. The van der Waals surface area contributed by atoms with Crippen molar-refractivity contribution >= 4 is 15.8 Å². The number of nitrogens with zero attached hydrogens (tertiary/aromatic N) is 3. The van der Waals surface area contributed by atoms with Crippen molar-refractivity contribution in [3.8, 4) is 5.75 Å². The number of ether oxygens (including phenoxy) is 1. The largest absolute Gasteiger partial charge is 0.493 e. The third-order valence-electron chi connectivity index (χ3n) is 3.70. The number of hydrogen-bond donors (Lipinski definition) is 0. The van der Waals surface area contributed by atoms with Crippen LogP contribution in [-0.2, 0) is 10.0 Å². The van der Waals surface area contributed by atoms with Gasteiger partial charge < -0.3 is 9.64 Å². The first-order chi connectivity index (χ1) is 9.43. The Morgan fingerprint density at radius 2 is 2.25 bits per heavy atom. The fourth-order valence-electron chi connectivity index (χ4n) is 2.49. The Bertz CT molecular complexity index is 562. The van der Waals surface area contributed by atoms with Gasteiger partial charge in [-0.3, -0.25) is 0 Å². The van der Waals surface area contributed by atoms with Crippen LogP contribution in [0.4, 0.5) is 5.82 Å². The molecule has 0 spiro atoms. The summed E-state index contributed by atoms with van der Waals surface area (Å²) in [6.45, 7) is 1.50. The van der Waals surface area contributed by atoms with Gasteiger partial charge in [0.25, 0.3) is 0 Å². The molecule has 0 amide bonds. The van der Waals surface area contributed by atoms with E-state index in [-0.39, 0.29) is 6.04 Å². The Morgan fingerprint density at radius 1 is 1.50 bits per heavy atom. The summed E-state index contributed by atoms with van der Waals surface area (Å²) in [5.41, 5.74) is 0. The van der Waals surface area contributed by atoms with Crippen molar-refractivity contribution in [2.45, 2.75) is 18.9 Å². The molecule has 112 valence electrons. The van der Waals surface area contributed by atoms with Gasteiger partial charge >= 0.3 is 0 Å². The number of aromatic nitrogens is 1. The number of piperidine rings is 1. The van der Waals surface area contributed by atoms with Crippen LogP contribution in [0.2, 0.25) is 0 Å². The van der Waals surface area contributed by atoms with Gasteiger partial charge in [0.1, 0.15) is 0 Å². The van der Waals surface area contributed by atoms with E-state index in [1.807, 2.05) is 12.1 Å². The third kappa shape index (κ3) is 3.21. The van der Waals surface area contributed by atoms with E-state index in [4.69, 9.17) is 4.74 Å². The Morgan fingerprint density at radius 3 is 2.90 bits per heavy atom. The molecule has 0 aromatic carbocycles. The maximum atomic E-state index is 11.7. The zero-order valence-corrected chi connectivity index (χ0v) is 12.9. The molecule has 7 heteroatoms. The SMILES string of the molecule is COc1cccnc1N1CCCC(N(C)S(C)(=O)=O)C1. The predicted molar refractivity (Wildman–Crippen MR) is 78.6 cm³/mol. The highest BCUT2D eigenvalue weighted by atomic mass is 32.2. The van der Waals surface area contributed by atoms with Crippen LogP contribution in [0.3, 0.4) is 0 Å². The molecule has 1 aliphatic rings. The third-order valence-corrected chi connectivity index (χ3v) is 5.05. The van der Waals surface area contributed by atoms with E-state index in [1.54, 1.807) is 20.4 Å². The summed E-state index contributed by atoms with van der Waals surface area (Å²) in [6, 6.07) is 3.67. The first kappa shape index (κ1) is 15.1. The van der Waals surface area contributed by atoms with E-state index in [0.29, 0.717) is 6.54 Å². The van der Waals surface area contributed by atoms with Crippen LogP contribution in [-0.4, -0.2) is 57.3 Å². The first-order valence-electron chi connectivity index (χ1n) is 6.60. The van der Waals surface area contributed by atoms with Crippen molar-refractivity contribution in [1.82, 2.24) is 9.29 Å². The number of methoxy groups -OCH3 is 1. The summed E-state index contributed by atoms with van der Waals surface area (Å²) >= 11 is 0. The zero-order chi connectivity index (χ0) is 14.8. The van der Waals surface area contributed by atoms with Crippen molar-refractivity contribution in [2.75, 3.05) is 38.4 Å². The van der Waals surface area contributed by atoms with Gasteiger partial charge in [0.05, 0.1) is 13.4 Å². The van der Waals surface area contributed by atoms with Crippen LogP contribution in [0.5, 0.6) is 5.75 Å². The van der Waals surface area contributed by atoms with Gasteiger partial charge in [-0.15, -0.1) is 0 Å². The van der Waals surface area contributed by atoms with Gasteiger partial charge in [-0.2, -0.15) is 0 Å². The van der Waals surface area contributed by atoms with Crippen molar-refractivity contribution in [3.63, 3.8) is 0 Å². The number of pyridine rings is 1. The second-order valence-electron chi connectivity index (χ2n) is 5.05. The van der Waals surface area contributed by atoms with Crippen LogP contribution in [0.1, 0.15) is 12.8 Å². The van der Waals surface area contributed by atoms with Crippen molar-refractivity contribution in [1.29, 1.82) is 0 Å². The van der Waals surface area contributed by atoms with Crippen LogP contribution in [0.25, 0.3) is 0 Å². The van der Waals surface area contributed by atoms with Gasteiger partial charge in [-0.25, -0.2) is 17.7 Å². The summed E-state index contributed by atoms with van der Waals surface area (Å²) in [7, 11) is 0.0849. The van der Waals surface area contributed by atoms with E-state index in [1.165, 1.54) is 10.6 Å². The highest BCUT2D eigenvalue weighted by molar-refractivity contribution is 7.88. The van der Waals surface area contributed by atoms with E-state index in [0.717, 1.165) is 31.0 Å². The highest BCUT2D eigenvalue weighted by Crippen LogP contribution is 2.28. The Kier molecular flexibility index (Phi) is 4.49. The molecule has 20 heavy (non-hydrogen) atoms. The molecule has 0 saturated carbocycles. The molecule has 2 heterocycles. The lowest BCUT2D eigenvalue weighted by Crippen LogP contribution is -2.48. The lowest BCUT2D eigenvalue weighted by molar-refractivity contribution is 0.319. The molecule has 1 aliphatic heterocycles. The molecule has 1 unspecified atom stereocenters. The van der Waals surface area contributed by atoms with Crippen LogP contribution in [0, 0.1) is 0 Å². The lowest BCUT2D eigenvalue weighted by Gasteiger charge is -2.37. The summed E-state index contributed by atoms with van der Waals surface area (Å²) in [6.07, 6.45) is 4.77. The second-order valence-corrected chi connectivity index (χ2v) is 7.09. The standard InChI is InChI=1S/C13H21N3O3S/c1-15(20(3,17)18)11-6-5-9-16(10-11)13-12(19-2)7-4-8-14-13/h4,7-8,11H,5-6,9-10H2,1-3H3. The summed E-state index contributed by atoms with van der Waals surface area (Å²) in [5, 5.41) is 0. The zero-order valence-electron chi connectivity index (χ0n) is 12.1. The van der Waals surface area contributed by atoms with Crippen LogP contribution in [0.15, 0.2) is 18.3 Å². The molecule has 0 bridgehead atoms. The normalized spacial score (nSPS) is 20.2. The molecule has 1 fully saturated rings. The predicted octanol–water partition coefficient (Wildman–Crippen LogP) is 0.950. The number of sulfonamides is 1. The van der Waals surface area contributed by atoms with Crippen LogP contribution >= 0.6 is 0 Å². The van der Waals surface area contributed by atoms with Gasteiger partial charge in [-0.05, 0) is 25.0 Å². The number of hydrogen-bond acceptors (Lipinski definition) is 5. The minimum Gasteiger partial charge on any atom is -0.493 e. The molecule has 2 rings (SSSR count). The van der Waals surface area contributed by atoms with Crippen molar-refractivity contribution in [2.24, 2.45) is 0 Å². The molecular weight excluding hydrogens is 278 g/mol. The molecule has 1 saturated heterocycles. The van der Waals surface area contributed by atoms with Gasteiger partial charge in [0.15, 0.2) is 11.6 Å². The molecular formula is C13H21N3O3S. The fourth-order valence-corrected chi connectivity index (χ4v) is 3.21. The first-order valence-corrected chi connectivity index (χ1v) is 8.45. The van der Waals surface area contributed by atoms with Crippen molar-refractivity contribution < 1.29 is 13.2 Å². The number of anilines is 1. The Balaban J connectivity index is 2.19. The quantitative estimate of drug-likeness (QED) is 0.828. The summed E-state index contributed by atoms with van der Waals surface area (Å²) in [4.78, 5) is 6.45. The second kappa shape index (κ2) is 5.97. The number of rotatable bonds is 4. The molecule has 0 N–H and O–H groups in total. The monoisotopic (exact) mass is 299 g/mol. The van der Waals surface area contributed by atoms with E-state index in [2.05, 4.69) is 9.88 Å². The highest BCUT2D eigenvalue weighted by Gasteiger charge is 2.29. The smallest absolute Gasteiger partial charge is 0.211 e. The molecule has 6 nitrogen and oxygen atoms in total. The van der Waals surface area contributed by atoms with E-state index < -0.39 is 10.0 Å². The molecule has 0 aliphatic carbocycles. The minimum atomic E-state index is -3.17. The summed E-state index contributed by atoms with van der Waals surface area (Å²) in [5.74, 6) is 1.50. The lowest BCUT2D eigenvalue weighted by atomic mass is 10.1. The average Bonchev–Trinajstić information content (AvgIpc) is 2.45. The van der Waals surface area contributed by atoms with Crippen molar-refractivity contribution in [3.05, 3.63) is 18.3 Å². The maximum absolute atomic E-state index is 11.7. The maximum Gasteiger partial charge on any atom is 0.211 e. The van der Waals surface area contributed by atoms with Gasteiger partial charge in [0, 0.05) is 32.4 Å². The van der Waals surface area contributed by atoms with Crippen LogP contribution < -0.4 is 9.64 Å². The van der Waals surface area contributed by atoms with Gasteiger partial charge in [0.2, 0.25) is 10.0 Å². The van der Waals surface area contributed by atoms with Gasteiger partial charge in [-0.1, -0.05) is 0 Å². The molecule has 0 radical (unpaired) electrons. The van der Waals surface area contributed by atoms with E-state index in [9.17, 15) is 8.42 Å². The average molecular weight is 299 g/mol. The number of likely N-dealkylation sites (N-methyl/N-ethyl adjacent to an activating group) is 1. The molecule has 1 aromatic rings. The molecule has 1 atom stereocenters. The fraction of sp³-hybridized carbons (Fsp3) is 0.615. The van der Waals surface area contributed by atoms with E-state index >= 15 is 0 Å². The minimum absolute atomic E-state index is 0.0227.